The van der Waals surface area contributed by atoms with E-state index in [1.807, 2.05) is 0 Å². The van der Waals surface area contributed by atoms with Gasteiger partial charge in [-0.3, -0.25) is 13.2 Å². The topological polar surface area (TPSA) is 0 Å². The molecule has 0 aromatic rings. The molecule has 0 N–H and O–H groups in total. The Bertz CT molecular complexity index is 29.5. The van der Waals surface area contributed by atoms with Crippen molar-refractivity contribution in [3.8, 4) is 0 Å². The fourth-order valence-corrected chi connectivity index (χ4v) is 0. The molecule has 0 radical (unpaired) electrons. The molecule has 0 spiro atoms. The molecule has 46 valence electrons. The van der Waals surface area contributed by atoms with Crippen molar-refractivity contribution in [2.24, 2.45) is 0 Å². The maximum absolute atomic E-state index is 3.24. The normalized spacial score (nSPS) is 3.25. The molecule has 0 rings (SSSR count). The van der Waals surface area contributed by atoms with E-state index in [1.54, 1.807) is 13.8 Å². The van der Waals surface area contributed by atoms with Crippen LogP contribution in [-0.2, 0) is 17.1 Å². The van der Waals surface area contributed by atoms with Gasteiger partial charge in [0, 0.05) is 0 Å². The summed E-state index contributed by atoms with van der Waals surface area (Å²) in [5, 5.41) is 0. The average Bonchev–Trinajstić information content (AvgIpc) is 1.39. The van der Waals surface area contributed by atoms with Crippen LogP contribution in [0.2, 0.25) is 0 Å². The van der Waals surface area contributed by atoms with Crippen molar-refractivity contribution >= 4 is 0 Å². The Balaban J connectivity index is -0.0000000160. The standard InChI is InChI=1S/2C3H5.Cu.Li/c2*1-3-2;;/h2*1H2,2H3;;/q2*-1;2*+1. The van der Waals surface area contributed by atoms with Crippen molar-refractivity contribution in [1.29, 1.82) is 0 Å². The van der Waals surface area contributed by atoms with Crippen molar-refractivity contribution in [2.75, 3.05) is 0 Å². The van der Waals surface area contributed by atoms with Crippen molar-refractivity contribution < 1.29 is 35.9 Å². The van der Waals surface area contributed by atoms with Gasteiger partial charge in [0.25, 0.3) is 0 Å². The quantitative estimate of drug-likeness (QED) is 0.309. The Morgan fingerprint density at radius 2 is 1.00 bits per heavy atom. The zero-order chi connectivity index (χ0) is 5.41. The maximum Gasteiger partial charge on any atom is 1.00 e. The number of rotatable bonds is 0. The third kappa shape index (κ3) is 580. The summed E-state index contributed by atoms with van der Waals surface area (Å²) < 4.78 is 0. The first-order chi connectivity index (χ1) is 2.83. The molecular formula is C6H10CuLi. The predicted molar refractivity (Wildman–Crippen MR) is 29.1 cm³/mol. The Labute approximate surface area is 75.1 Å². The molecule has 0 bridgehead atoms. The number of hydrogen-bond donors (Lipinski definition) is 0. The second kappa shape index (κ2) is 49.0. The minimum absolute atomic E-state index is 0. The first-order valence-corrected chi connectivity index (χ1v) is 1.71. The summed E-state index contributed by atoms with van der Waals surface area (Å²) >= 11 is 0. The molecular weight excluding hydrogens is 143 g/mol. The van der Waals surface area contributed by atoms with Gasteiger partial charge in [-0.1, -0.05) is 0 Å². The molecule has 0 saturated heterocycles. The second-order valence-corrected chi connectivity index (χ2v) is 0.707. The summed E-state index contributed by atoms with van der Waals surface area (Å²) in [6, 6.07) is 0. The third-order valence-corrected chi connectivity index (χ3v) is 0. The molecule has 0 heterocycles. The summed E-state index contributed by atoms with van der Waals surface area (Å²) in [4.78, 5) is 0. The van der Waals surface area contributed by atoms with E-state index in [0.29, 0.717) is 0 Å². The van der Waals surface area contributed by atoms with Gasteiger partial charge >= 0.3 is 35.9 Å². The molecule has 0 nitrogen and oxygen atoms in total. The molecule has 8 heavy (non-hydrogen) atoms. The van der Waals surface area contributed by atoms with E-state index < -0.39 is 0 Å². The van der Waals surface area contributed by atoms with Crippen LogP contribution in [0.5, 0.6) is 0 Å². The molecule has 0 fully saturated rings. The molecule has 0 saturated carbocycles. The van der Waals surface area contributed by atoms with Crippen LogP contribution in [0.1, 0.15) is 13.8 Å². The van der Waals surface area contributed by atoms with Crippen molar-refractivity contribution in [3.05, 3.63) is 25.3 Å². The zero-order valence-corrected chi connectivity index (χ0v) is 6.66. The average molecular weight is 153 g/mol. The van der Waals surface area contributed by atoms with Crippen LogP contribution < -0.4 is 18.9 Å². The molecule has 0 atom stereocenters. The Hall–Kier alpha value is 0.597. The SMILES string of the molecule is C=[C-]C.C=[C-]C.[Cu+].[Li+]. The van der Waals surface area contributed by atoms with Gasteiger partial charge in [-0.05, 0) is 0 Å². The van der Waals surface area contributed by atoms with Crippen LogP contribution in [0.15, 0.2) is 13.2 Å². The molecule has 0 aromatic heterocycles. The predicted octanol–water partition coefficient (Wildman–Crippen LogP) is -1.01. The summed E-state index contributed by atoms with van der Waals surface area (Å²) in [5.74, 6) is 0. The van der Waals surface area contributed by atoms with E-state index in [4.69, 9.17) is 0 Å². The molecule has 0 aliphatic carbocycles. The molecule has 0 aromatic carbocycles. The van der Waals surface area contributed by atoms with Crippen LogP contribution in [0.4, 0.5) is 0 Å². The van der Waals surface area contributed by atoms with Crippen LogP contribution in [-0.4, -0.2) is 0 Å². The fourth-order valence-electron chi connectivity index (χ4n) is 0. The van der Waals surface area contributed by atoms with Crippen LogP contribution in [0.3, 0.4) is 0 Å². The van der Waals surface area contributed by atoms with Crippen molar-refractivity contribution in [3.63, 3.8) is 0 Å². The van der Waals surface area contributed by atoms with E-state index in [1.165, 1.54) is 0 Å². The Morgan fingerprint density at radius 3 is 1.00 bits per heavy atom. The van der Waals surface area contributed by atoms with Crippen LogP contribution >= 0.6 is 0 Å². The largest absolute Gasteiger partial charge is 1.00 e. The molecule has 2 heteroatoms. The third-order valence-electron chi connectivity index (χ3n) is 0. The van der Waals surface area contributed by atoms with Gasteiger partial charge < -0.3 is 12.2 Å². The Morgan fingerprint density at radius 1 is 1.00 bits per heavy atom. The van der Waals surface area contributed by atoms with Gasteiger partial charge in [0.1, 0.15) is 0 Å². The van der Waals surface area contributed by atoms with Gasteiger partial charge in [0.15, 0.2) is 0 Å². The van der Waals surface area contributed by atoms with Crippen molar-refractivity contribution in [1.82, 2.24) is 0 Å². The summed E-state index contributed by atoms with van der Waals surface area (Å²) in [5.41, 5.74) is 0. The van der Waals surface area contributed by atoms with E-state index in [9.17, 15) is 0 Å². The summed E-state index contributed by atoms with van der Waals surface area (Å²) in [6.45, 7) is 10.0. The molecule has 0 unspecified atom stereocenters. The minimum Gasteiger partial charge on any atom is -0.507 e. The van der Waals surface area contributed by atoms with Crippen molar-refractivity contribution in [2.45, 2.75) is 13.8 Å². The number of hydrogen-bond acceptors (Lipinski definition) is 0. The summed E-state index contributed by atoms with van der Waals surface area (Å²) in [6.07, 6.45) is 5.00. The van der Waals surface area contributed by atoms with E-state index in [2.05, 4.69) is 25.3 Å². The molecule has 0 aliphatic heterocycles. The monoisotopic (exact) mass is 152 g/mol. The smallest absolute Gasteiger partial charge is 0.507 e. The Kier molecular flexibility index (Phi) is 144. The van der Waals surface area contributed by atoms with Gasteiger partial charge in [-0.25, -0.2) is 0 Å². The first kappa shape index (κ1) is 23.5. The van der Waals surface area contributed by atoms with E-state index >= 15 is 0 Å². The number of allylic oxidation sites excluding steroid dienone is 2. The van der Waals surface area contributed by atoms with Crippen LogP contribution in [0.25, 0.3) is 0 Å². The zero-order valence-electron chi connectivity index (χ0n) is 5.72. The fraction of sp³-hybridized carbons (Fsp3) is 0.333. The second-order valence-electron chi connectivity index (χ2n) is 0.707. The van der Waals surface area contributed by atoms with E-state index in [0.717, 1.165) is 0 Å². The maximum atomic E-state index is 3.24. The first-order valence-electron chi connectivity index (χ1n) is 1.71. The van der Waals surface area contributed by atoms with Gasteiger partial charge in [-0.2, -0.15) is 13.8 Å². The van der Waals surface area contributed by atoms with Gasteiger partial charge in [-0.15, -0.1) is 0 Å². The van der Waals surface area contributed by atoms with E-state index in [-0.39, 0.29) is 35.9 Å². The summed E-state index contributed by atoms with van der Waals surface area (Å²) in [7, 11) is 0. The minimum atomic E-state index is 0. The van der Waals surface area contributed by atoms with Gasteiger partial charge in [0.2, 0.25) is 0 Å². The molecule has 0 aliphatic rings. The molecule has 0 amide bonds. The van der Waals surface area contributed by atoms with Gasteiger partial charge in [0.05, 0.1) is 0 Å². The van der Waals surface area contributed by atoms with Crippen LogP contribution in [0, 0.1) is 12.2 Å².